The number of esters is 1. The lowest BCUT2D eigenvalue weighted by atomic mass is 10.1. The van der Waals surface area contributed by atoms with Crippen molar-refractivity contribution < 1.29 is 14.5 Å². The van der Waals surface area contributed by atoms with E-state index in [1.165, 1.54) is 12.1 Å². The molecule has 8 nitrogen and oxygen atoms in total. The van der Waals surface area contributed by atoms with Crippen molar-refractivity contribution in [2.45, 2.75) is 6.61 Å². The number of nitrogens with two attached hydrogens (primary N) is 1. The molecule has 0 saturated carbocycles. The van der Waals surface area contributed by atoms with Crippen LogP contribution in [-0.4, -0.2) is 20.7 Å². The molecular formula is C17H14N4O4. The van der Waals surface area contributed by atoms with Gasteiger partial charge < -0.3 is 10.5 Å². The summed E-state index contributed by atoms with van der Waals surface area (Å²) in [7, 11) is 0. The molecule has 0 radical (unpaired) electrons. The van der Waals surface area contributed by atoms with Crippen LogP contribution in [-0.2, 0) is 11.3 Å². The number of nitrogens with zero attached hydrogens (tertiary/aromatic N) is 3. The number of carbonyl (C=O) groups excluding carboxylic acids is 1. The molecule has 2 N–H and O–H groups in total. The maximum atomic E-state index is 12.1. The fourth-order valence-electron chi connectivity index (χ4n) is 2.22. The lowest BCUT2D eigenvalue weighted by molar-refractivity contribution is -0.384. The number of rotatable bonds is 5. The van der Waals surface area contributed by atoms with E-state index in [4.69, 9.17) is 10.5 Å². The topological polar surface area (TPSA) is 113 Å². The highest BCUT2D eigenvalue weighted by Crippen LogP contribution is 2.21. The normalized spacial score (nSPS) is 10.4. The molecule has 0 aliphatic rings. The number of ether oxygens (including phenoxy) is 1. The minimum atomic E-state index is -0.728. The molecule has 1 heterocycles. The number of anilines is 1. The van der Waals surface area contributed by atoms with Crippen LogP contribution in [0.2, 0.25) is 0 Å². The maximum absolute atomic E-state index is 12.1. The van der Waals surface area contributed by atoms with E-state index < -0.39 is 10.9 Å². The van der Waals surface area contributed by atoms with Gasteiger partial charge in [0.15, 0.2) is 0 Å². The Morgan fingerprint density at radius 2 is 2.00 bits per heavy atom. The number of aromatic nitrogens is 2. The highest BCUT2D eigenvalue weighted by atomic mass is 16.6. The van der Waals surface area contributed by atoms with Crippen molar-refractivity contribution in [2.75, 3.05) is 5.73 Å². The minimum absolute atomic E-state index is 0.0200. The zero-order chi connectivity index (χ0) is 17.8. The van der Waals surface area contributed by atoms with Crippen molar-refractivity contribution in [1.29, 1.82) is 0 Å². The molecule has 126 valence electrons. The molecule has 25 heavy (non-hydrogen) atoms. The lowest BCUT2D eigenvalue weighted by Crippen LogP contribution is -2.08. The van der Waals surface area contributed by atoms with Gasteiger partial charge in [0.05, 0.1) is 22.4 Å². The van der Waals surface area contributed by atoms with Gasteiger partial charge in [0.25, 0.3) is 5.69 Å². The van der Waals surface area contributed by atoms with Crippen LogP contribution in [0.5, 0.6) is 0 Å². The van der Waals surface area contributed by atoms with Crippen LogP contribution < -0.4 is 5.73 Å². The molecule has 0 saturated heterocycles. The molecule has 0 aliphatic carbocycles. The van der Waals surface area contributed by atoms with Crippen LogP contribution in [0.1, 0.15) is 15.9 Å². The van der Waals surface area contributed by atoms with Crippen LogP contribution in [0, 0.1) is 10.1 Å². The van der Waals surface area contributed by atoms with Gasteiger partial charge in [-0.2, -0.15) is 5.10 Å². The highest BCUT2D eigenvalue weighted by molar-refractivity contribution is 5.95. The Morgan fingerprint density at radius 1 is 1.24 bits per heavy atom. The second-order valence-corrected chi connectivity index (χ2v) is 5.23. The third-order valence-electron chi connectivity index (χ3n) is 3.49. The van der Waals surface area contributed by atoms with Gasteiger partial charge >= 0.3 is 5.97 Å². The van der Waals surface area contributed by atoms with Gasteiger partial charge in [-0.1, -0.05) is 18.2 Å². The van der Waals surface area contributed by atoms with Crippen molar-refractivity contribution in [3.63, 3.8) is 0 Å². The summed E-state index contributed by atoms with van der Waals surface area (Å²) in [5, 5.41) is 15.0. The summed E-state index contributed by atoms with van der Waals surface area (Å²) < 4.78 is 6.84. The Labute approximate surface area is 142 Å². The van der Waals surface area contributed by atoms with Gasteiger partial charge in [0.2, 0.25) is 0 Å². The first-order chi connectivity index (χ1) is 12.0. The number of nitro groups is 1. The van der Waals surface area contributed by atoms with Crippen molar-refractivity contribution in [3.05, 3.63) is 82.2 Å². The molecule has 0 bridgehead atoms. The molecule has 3 rings (SSSR count). The summed E-state index contributed by atoms with van der Waals surface area (Å²) in [6.07, 6.45) is 3.32. The molecule has 0 spiro atoms. The van der Waals surface area contributed by atoms with Crippen molar-refractivity contribution in [1.82, 2.24) is 9.78 Å². The molecule has 0 fully saturated rings. The Kier molecular flexibility index (Phi) is 4.42. The largest absolute Gasteiger partial charge is 0.457 e. The van der Waals surface area contributed by atoms with Gasteiger partial charge in [-0.15, -0.1) is 0 Å². The van der Waals surface area contributed by atoms with Gasteiger partial charge in [-0.3, -0.25) is 10.1 Å². The Balaban J connectivity index is 1.70. The number of hydrogen-bond acceptors (Lipinski definition) is 6. The number of nitrogen functional groups attached to an aromatic ring is 1. The molecule has 8 heteroatoms. The summed E-state index contributed by atoms with van der Waals surface area (Å²) >= 11 is 0. The number of non-ortho nitro benzene ring substituents is 1. The zero-order valence-corrected chi connectivity index (χ0v) is 13.0. The van der Waals surface area contributed by atoms with Gasteiger partial charge in [0.1, 0.15) is 6.61 Å². The first-order valence-corrected chi connectivity index (χ1v) is 7.34. The Hall–Kier alpha value is -3.68. The Bertz CT molecular complexity index is 921. The molecule has 2 aromatic carbocycles. The van der Waals surface area contributed by atoms with Crippen LogP contribution in [0.3, 0.4) is 0 Å². The van der Waals surface area contributed by atoms with Crippen LogP contribution >= 0.6 is 0 Å². The second-order valence-electron chi connectivity index (χ2n) is 5.23. The Morgan fingerprint density at radius 3 is 2.72 bits per heavy atom. The average Bonchev–Trinajstić information content (AvgIpc) is 3.09. The van der Waals surface area contributed by atoms with E-state index in [9.17, 15) is 14.9 Å². The first-order valence-electron chi connectivity index (χ1n) is 7.34. The number of carbonyl (C=O) groups is 1. The predicted molar refractivity (Wildman–Crippen MR) is 90.2 cm³/mol. The first kappa shape index (κ1) is 16.2. The third-order valence-corrected chi connectivity index (χ3v) is 3.49. The molecule has 1 aromatic heterocycles. The van der Waals surface area contributed by atoms with Crippen molar-refractivity contribution in [3.8, 4) is 5.69 Å². The smallest absolute Gasteiger partial charge is 0.340 e. The monoisotopic (exact) mass is 338 g/mol. The van der Waals surface area contributed by atoms with Gasteiger partial charge in [-0.25, -0.2) is 9.48 Å². The van der Waals surface area contributed by atoms with Gasteiger partial charge in [0, 0.05) is 29.6 Å². The van der Waals surface area contributed by atoms with Crippen LogP contribution in [0.15, 0.2) is 60.9 Å². The van der Waals surface area contributed by atoms with E-state index in [1.807, 2.05) is 30.3 Å². The number of nitro benzene ring substituents is 1. The second kappa shape index (κ2) is 6.83. The summed E-state index contributed by atoms with van der Waals surface area (Å²) in [5.74, 6) is -0.728. The lowest BCUT2D eigenvalue weighted by Gasteiger charge is -2.06. The summed E-state index contributed by atoms with van der Waals surface area (Å²) in [6, 6.07) is 13.1. The fraction of sp³-hybridized carbons (Fsp3) is 0.0588. The quantitative estimate of drug-likeness (QED) is 0.331. The van der Waals surface area contributed by atoms with Gasteiger partial charge in [-0.05, 0) is 18.2 Å². The molecular weight excluding hydrogens is 324 g/mol. The SMILES string of the molecule is Nc1ccc([N+](=O)[O-])cc1C(=O)OCc1cnn(-c2ccccc2)c1. The zero-order valence-electron chi connectivity index (χ0n) is 13.0. The summed E-state index contributed by atoms with van der Waals surface area (Å²) in [5.41, 5.74) is 7.12. The standard InChI is InChI=1S/C17H14N4O4/c18-16-7-6-14(21(23)24)8-15(16)17(22)25-11-12-9-19-20(10-12)13-4-2-1-3-5-13/h1-10H,11,18H2. The number of benzene rings is 2. The maximum Gasteiger partial charge on any atom is 0.340 e. The fourth-order valence-corrected chi connectivity index (χ4v) is 2.22. The highest BCUT2D eigenvalue weighted by Gasteiger charge is 2.17. The molecule has 0 unspecified atom stereocenters. The van der Waals surface area contributed by atoms with E-state index in [-0.39, 0.29) is 23.5 Å². The van der Waals surface area contributed by atoms with Crippen LogP contribution in [0.4, 0.5) is 11.4 Å². The average molecular weight is 338 g/mol. The van der Waals surface area contributed by atoms with Crippen molar-refractivity contribution in [2.24, 2.45) is 0 Å². The van der Waals surface area contributed by atoms with E-state index in [0.29, 0.717) is 5.56 Å². The number of hydrogen-bond donors (Lipinski definition) is 1. The van der Waals surface area contributed by atoms with Crippen LogP contribution in [0.25, 0.3) is 5.69 Å². The minimum Gasteiger partial charge on any atom is -0.457 e. The van der Waals surface area contributed by atoms with E-state index in [0.717, 1.165) is 11.8 Å². The van der Waals surface area contributed by atoms with E-state index >= 15 is 0 Å². The third kappa shape index (κ3) is 3.63. The molecule has 3 aromatic rings. The van der Waals surface area contributed by atoms with Crippen molar-refractivity contribution >= 4 is 17.3 Å². The molecule has 0 amide bonds. The summed E-state index contributed by atoms with van der Waals surface area (Å²) in [4.78, 5) is 22.3. The number of para-hydroxylation sites is 1. The molecule has 0 aliphatic heterocycles. The molecule has 0 atom stereocenters. The van der Waals surface area contributed by atoms with E-state index in [2.05, 4.69) is 5.10 Å². The predicted octanol–water partition coefficient (Wildman–Crippen LogP) is 2.72. The summed E-state index contributed by atoms with van der Waals surface area (Å²) in [6.45, 7) is -0.0200. The van der Waals surface area contributed by atoms with E-state index in [1.54, 1.807) is 17.1 Å².